The number of carbonyl (C=O) groups excluding carboxylic acids is 2. The summed E-state index contributed by atoms with van der Waals surface area (Å²) in [6, 6.07) is 5.53. The van der Waals surface area contributed by atoms with Crippen LogP contribution in [0, 0.1) is 5.92 Å². The van der Waals surface area contributed by atoms with Crippen LogP contribution in [0.15, 0.2) is 18.2 Å². The summed E-state index contributed by atoms with van der Waals surface area (Å²) in [4.78, 5) is 25.3. The molecule has 2 amide bonds. The van der Waals surface area contributed by atoms with Gasteiger partial charge in [-0.2, -0.15) is 8.75 Å². The van der Waals surface area contributed by atoms with Crippen molar-refractivity contribution in [3.8, 4) is 0 Å². The molecule has 0 spiro atoms. The van der Waals surface area contributed by atoms with Crippen molar-refractivity contribution in [1.82, 2.24) is 13.6 Å². The molecule has 0 bridgehead atoms. The highest BCUT2D eigenvalue weighted by Crippen LogP contribution is 2.21. The second kappa shape index (κ2) is 6.37. The minimum absolute atomic E-state index is 0.0610. The van der Waals surface area contributed by atoms with Crippen molar-refractivity contribution in [2.24, 2.45) is 11.7 Å². The molecule has 0 unspecified atom stereocenters. The number of hydrogen-bond acceptors (Lipinski definition) is 6. The molecule has 0 atom stereocenters. The van der Waals surface area contributed by atoms with Crippen LogP contribution in [-0.4, -0.2) is 45.1 Å². The highest BCUT2D eigenvalue weighted by atomic mass is 32.1. The van der Waals surface area contributed by atoms with Gasteiger partial charge in [0.05, 0.1) is 24.0 Å². The number of piperidine rings is 1. The summed E-state index contributed by atoms with van der Waals surface area (Å²) in [7, 11) is 0. The maximum absolute atomic E-state index is 12.2. The highest BCUT2D eigenvalue weighted by Gasteiger charge is 2.24. The molecule has 3 N–H and O–H groups in total. The molecular weight excluding hydrogens is 302 g/mol. The number of nitrogens with zero attached hydrogens (tertiary/aromatic N) is 3. The summed E-state index contributed by atoms with van der Waals surface area (Å²) in [5.74, 6) is -0.390. The van der Waals surface area contributed by atoms with Crippen molar-refractivity contribution >= 4 is 40.3 Å². The van der Waals surface area contributed by atoms with Gasteiger partial charge in [0.1, 0.15) is 11.0 Å². The summed E-state index contributed by atoms with van der Waals surface area (Å²) in [6.45, 7) is 1.73. The average Bonchev–Trinajstić information content (AvgIpc) is 2.97. The van der Waals surface area contributed by atoms with Gasteiger partial charge in [-0.1, -0.05) is 6.07 Å². The molecule has 0 radical (unpaired) electrons. The van der Waals surface area contributed by atoms with Crippen LogP contribution in [0.25, 0.3) is 11.0 Å². The van der Waals surface area contributed by atoms with Crippen LogP contribution in [-0.2, 0) is 9.59 Å². The Kier molecular flexibility index (Phi) is 4.30. The third kappa shape index (κ3) is 3.23. The molecule has 0 saturated carbocycles. The molecule has 22 heavy (non-hydrogen) atoms. The number of likely N-dealkylation sites (tertiary alicyclic amines) is 1. The van der Waals surface area contributed by atoms with Crippen molar-refractivity contribution in [3.05, 3.63) is 18.2 Å². The molecule has 3 rings (SSSR count). The lowest BCUT2D eigenvalue weighted by atomic mass is 9.96. The fraction of sp³-hybridized carbons (Fsp3) is 0.429. The van der Waals surface area contributed by atoms with Gasteiger partial charge in [0.2, 0.25) is 11.8 Å². The molecule has 0 aliphatic carbocycles. The lowest BCUT2D eigenvalue weighted by molar-refractivity contribution is -0.123. The zero-order valence-electron chi connectivity index (χ0n) is 12.0. The second-order valence-corrected chi connectivity index (χ2v) is 5.97. The number of rotatable bonds is 4. The van der Waals surface area contributed by atoms with E-state index < -0.39 is 0 Å². The van der Waals surface area contributed by atoms with Crippen LogP contribution in [0.5, 0.6) is 0 Å². The number of nitrogens with two attached hydrogens (primary N) is 1. The van der Waals surface area contributed by atoms with E-state index in [9.17, 15) is 9.59 Å². The summed E-state index contributed by atoms with van der Waals surface area (Å²) < 4.78 is 8.35. The molecular formula is C14H17N5O2S. The van der Waals surface area contributed by atoms with Gasteiger partial charge in [-0.15, -0.1) is 0 Å². The fourth-order valence-electron chi connectivity index (χ4n) is 2.68. The molecule has 2 aromatic rings. The van der Waals surface area contributed by atoms with Gasteiger partial charge in [0.25, 0.3) is 0 Å². The van der Waals surface area contributed by atoms with E-state index in [2.05, 4.69) is 14.1 Å². The van der Waals surface area contributed by atoms with Gasteiger partial charge >= 0.3 is 0 Å². The monoisotopic (exact) mass is 319 g/mol. The van der Waals surface area contributed by atoms with E-state index in [1.807, 2.05) is 23.1 Å². The Labute approximate surface area is 131 Å². The van der Waals surface area contributed by atoms with Gasteiger partial charge in [-0.25, -0.2) is 0 Å². The number of carbonyl (C=O) groups is 2. The van der Waals surface area contributed by atoms with E-state index in [1.165, 1.54) is 0 Å². The Balaban J connectivity index is 1.57. The molecule has 1 aromatic heterocycles. The summed E-state index contributed by atoms with van der Waals surface area (Å²) >= 11 is 1.13. The third-order valence-electron chi connectivity index (χ3n) is 3.92. The predicted octanol–water partition coefficient (Wildman–Crippen LogP) is 0.827. The molecule has 1 saturated heterocycles. The number of benzene rings is 1. The number of fused-ring (bicyclic) bond motifs is 1. The lowest BCUT2D eigenvalue weighted by Crippen LogP contribution is -2.42. The van der Waals surface area contributed by atoms with Gasteiger partial charge < -0.3 is 11.1 Å². The van der Waals surface area contributed by atoms with E-state index in [0.717, 1.165) is 17.2 Å². The normalized spacial score (nSPS) is 16.7. The van der Waals surface area contributed by atoms with Crippen LogP contribution < -0.4 is 11.1 Å². The number of nitrogens with one attached hydrogen (secondary N) is 1. The van der Waals surface area contributed by atoms with Crippen LogP contribution in [0.4, 0.5) is 5.69 Å². The Morgan fingerprint density at radius 3 is 2.82 bits per heavy atom. The van der Waals surface area contributed by atoms with E-state index in [4.69, 9.17) is 5.73 Å². The number of hydrogen-bond donors (Lipinski definition) is 2. The summed E-state index contributed by atoms with van der Waals surface area (Å²) in [5.41, 5.74) is 7.49. The first kappa shape index (κ1) is 14.9. The number of anilines is 1. The lowest BCUT2D eigenvalue weighted by Gasteiger charge is -2.29. The Hall–Kier alpha value is -2.06. The van der Waals surface area contributed by atoms with Crippen molar-refractivity contribution in [2.45, 2.75) is 12.8 Å². The third-order valence-corrected chi connectivity index (χ3v) is 4.46. The Morgan fingerprint density at radius 2 is 2.09 bits per heavy atom. The van der Waals surface area contributed by atoms with Crippen molar-refractivity contribution in [3.63, 3.8) is 0 Å². The maximum atomic E-state index is 12.2. The van der Waals surface area contributed by atoms with E-state index in [1.54, 1.807) is 0 Å². The van der Waals surface area contributed by atoms with Crippen LogP contribution in [0.1, 0.15) is 12.8 Å². The topological polar surface area (TPSA) is 101 Å². The average molecular weight is 319 g/mol. The zero-order valence-corrected chi connectivity index (χ0v) is 12.8. The first-order valence-corrected chi connectivity index (χ1v) is 7.89. The summed E-state index contributed by atoms with van der Waals surface area (Å²) in [5, 5.41) is 2.88. The number of primary amides is 1. The van der Waals surface area contributed by atoms with Crippen molar-refractivity contribution in [1.29, 1.82) is 0 Å². The SMILES string of the molecule is NC(=O)C1CCN(CC(=O)Nc2cccc3nsnc23)CC1. The molecule has 2 heterocycles. The first-order chi connectivity index (χ1) is 10.6. The van der Waals surface area contributed by atoms with Gasteiger partial charge in [0, 0.05) is 5.92 Å². The predicted molar refractivity (Wildman–Crippen MR) is 84.4 cm³/mol. The quantitative estimate of drug-likeness (QED) is 0.869. The second-order valence-electron chi connectivity index (χ2n) is 5.44. The minimum Gasteiger partial charge on any atom is -0.369 e. The minimum atomic E-state index is -0.244. The largest absolute Gasteiger partial charge is 0.369 e. The van der Waals surface area contributed by atoms with Crippen LogP contribution in [0.3, 0.4) is 0 Å². The van der Waals surface area contributed by atoms with E-state index in [-0.39, 0.29) is 17.7 Å². The first-order valence-electron chi connectivity index (χ1n) is 7.16. The van der Waals surface area contributed by atoms with E-state index in [0.29, 0.717) is 43.7 Å². The van der Waals surface area contributed by atoms with Crippen molar-refractivity contribution < 1.29 is 9.59 Å². The summed E-state index contributed by atoms with van der Waals surface area (Å²) in [6.07, 6.45) is 1.43. The Morgan fingerprint density at radius 1 is 1.32 bits per heavy atom. The van der Waals surface area contributed by atoms with E-state index >= 15 is 0 Å². The molecule has 116 valence electrons. The molecule has 1 fully saturated rings. The number of amides is 2. The van der Waals surface area contributed by atoms with Gasteiger partial charge in [-0.3, -0.25) is 14.5 Å². The molecule has 1 aliphatic heterocycles. The van der Waals surface area contributed by atoms with Crippen LogP contribution in [0.2, 0.25) is 0 Å². The molecule has 1 aliphatic rings. The van der Waals surface area contributed by atoms with Crippen LogP contribution >= 0.6 is 11.7 Å². The molecule has 8 heteroatoms. The van der Waals surface area contributed by atoms with Crippen molar-refractivity contribution in [2.75, 3.05) is 25.0 Å². The standard InChI is InChI=1S/C14H17N5O2S/c15-14(21)9-4-6-19(7-5-9)8-12(20)16-10-2-1-3-11-13(10)18-22-17-11/h1-3,9H,4-8H2,(H2,15,21)(H,16,20). The zero-order chi connectivity index (χ0) is 15.5. The smallest absolute Gasteiger partial charge is 0.238 e. The highest BCUT2D eigenvalue weighted by molar-refractivity contribution is 7.00. The molecule has 7 nitrogen and oxygen atoms in total. The Bertz CT molecular complexity index is 693. The van der Waals surface area contributed by atoms with Gasteiger partial charge in [0.15, 0.2) is 0 Å². The fourth-order valence-corrected chi connectivity index (χ4v) is 3.23. The van der Waals surface area contributed by atoms with Gasteiger partial charge in [-0.05, 0) is 38.1 Å². The number of aromatic nitrogens is 2. The maximum Gasteiger partial charge on any atom is 0.238 e. The molecule has 1 aromatic carbocycles.